The fourth-order valence-corrected chi connectivity index (χ4v) is 5.25. The summed E-state index contributed by atoms with van der Waals surface area (Å²) in [5, 5.41) is 2.93. The van der Waals surface area contributed by atoms with Crippen LogP contribution in [0.1, 0.15) is 32.3 Å². The van der Waals surface area contributed by atoms with Crippen molar-refractivity contribution < 1.29 is 22.7 Å². The van der Waals surface area contributed by atoms with Crippen molar-refractivity contribution in [2.75, 3.05) is 31.6 Å². The summed E-state index contributed by atoms with van der Waals surface area (Å²) in [6, 6.07) is 12.2. The highest BCUT2D eigenvalue weighted by atomic mass is 32.2. The van der Waals surface area contributed by atoms with Gasteiger partial charge in [-0.1, -0.05) is 12.1 Å². The number of nitrogens with zero attached hydrogens (tertiary/aromatic N) is 1. The second-order valence-corrected chi connectivity index (χ2v) is 9.40. The van der Waals surface area contributed by atoms with Crippen LogP contribution in [0.5, 0.6) is 11.5 Å². The molecule has 1 saturated heterocycles. The second kappa shape index (κ2) is 10.2. The maximum atomic E-state index is 13.1. The van der Waals surface area contributed by atoms with E-state index in [1.165, 1.54) is 4.31 Å². The summed E-state index contributed by atoms with van der Waals surface area (Å²) >= 11 is 0. The number of ether oxygens (including phenoxy) is 2. The second-order valence-electron chi connectivity index (χ2n) is 7.46. The molecule has 2 aromatic carbocycles. The van der Waals surface area contributed by atoms with Crippen LogP contribution in [0, 0.1) is 12.8 Å². The molecule has 7 nitrogen and oxygen atoms in total. The molecule has 0 atom stereocenters. The maximum Gasteiger partial charge on any atom is 0.243 e. The Bertz CT molecular complexity index is 1010. The first-order chi connectivity index (χ1) is 14.9. The van der Waals surface area contributed by atoms with E-state index in [2.05, 4.69) is 5.32 Å². The van der Waals surface area contributed by atoms with E-state index in [1.807, 2.05) is 39.0 Å². The van der Waals surface area contributed by atoms with Crippen LogP contribution in [0.2, 0.25) is 0 Å². The van der Waals surface area contributed by atoms with E-state index in [-0.39, 0.29) is 16.7 Å². The smallest absolute Gasteiger partial charge is 0.243 e. The molecule has 168 valence electrons. The number of rotatable bonds is 8. The van der Waals surface area contributed by atoms with E-state index < -0.39 is 10.0 Å². The average molecular weight is 447 g/mol. The fraction of sp³-hybridized carbons (Fsp3) is 0.435. The molecule has 0 saturated carbocycles. The zero-order chi connectivity index (χ0) is 22.4. The molecule has 31 heavy (non-hydrogen) atoms. The van der Waals surface area contributed by atoms with Crippen LogP contribution in [0.3, 0.4) is 0 Å². The molecule has 1 amide bonds. The number of sulfonamides is 1. The number of hydrogen-bond donors (Lipinski definition) is 1. The quantitative estimate of drug-likeness (QED) is 0.666. The molecule has 1 N–H and O–H groups in total. The molecular weight excluding hydrogens is 416 g/mol. The topological polar surface area (TPSA) is 84.9 Å². The number of aryl methyl sites for hydroxylation is 1. The number of para-hydroxylation sites is 2. The van der Waals surface area contributed by atoms with Gasteiger partial charge >= 0.3 is 0 Å². The number of hydrogen-bond acceptors (Lipinski definition) is 5. The summed E-state index contributed by atoms with van der Waals surface area (Å²) in [7, 11) is -3.61. The molecule has 3 rings (SSSR count). The van der Waals surface area contributed by atoms with Crippen molar-refractivity contribution in [2.45, 2.75) is 38.5 Å². The lowest BCUT2D eigenvalue weighted by Gasteiger charge is -2.30. The summed E-state index contributed by atoms with van der Waals surface area (Å²) in [4.78, 5) is 13.0. The summed E-state index contributed by atoms with van der Waals surface area (Å²) in [5.41, 5.74) is 1.42. The van der Waals surface area contributed by atoms with Crippen molar-refractivity contribution in [3.63, 3.8) is 0 Å². The Balaban J connectivity index is 1.63. The van der Waals surface area contributed by atoms with Crippen molar-refractivity contribution in [1.82, 2.24) is 4.31 Å². The SMILES string of the molecule is CCOc1ccc(S(=O)(=O)N2CCC(C(=O)Nc3ccccc3OCC)CC2)cc1C. The first-order valence-electron chi connectivity index (χ1n) is 10.6. The Kier molecular flexibility index (Phi) is 7.56. The molecule has 1 heterocycles. The molecule has 0 aliphatic carbocycles. The van der Waals surface area contributed by atoms with Crippen molar-refractivity contribution in [1.29, 1.82) is 0 Å². The van der Waals surface area contributed by atoms with E-state index in [1.54, 1.807) is 24.3 Å². The molecule has 1 aliphatic rings. The van der Waals surface area contributed by atoms with Gasteiger partial charge in [-0.15, -0.1) is 0 Å². The molecule has 8 heteroatoms. The predicted molar refractivity (Wildman–Crippen MR) is 120 cm³/mol. The fourth-order valence-electron chi connectivity index (χ4n) is 3.69. The van der Waals surface area contributed by atoms with Gasteiger partial charge in [0.15, 0.2) is 0 Å². The minimum atomic E-state index is -3.61. The zero-order valence-corrected chi connectivity index (χ0v) is 19.1. The van der Waals surface area contributed by atoms with E-state index >= 15 is 0 Å². The summed E-state index contributed by atoms with van der Waals surface area (Å²) in [6.45, 7) is 7.26. The highest BCUT2D eigenvalue weighted by Crippen LogP contribution is 2.29. The van der Waals surface area contributed by atoms with Gasteiger partial charge in [0, 0.05) is 19.0 Å². The van der Waals surface area contributed by atoms with Gasteiger partial charge in [0.25, 0.3) is 0 Å². The van der Waals surface area contributed by atoms with Gasteiger partial charge in [-0.25, -0.2) is 8.42 Å². The first-order valence-corrected chi connectivity index (χ1v) is 12.1. The van der Waals surface area contributed by atoms with Gasteiger partial charge in [-0.05, 0) is 69.5 Å². The Morgan fingerprint density at radius 1 is 1.03 bits per heavy atom. The van der Waals surface area contributed by atoms with Gasteiger partial charge in [-0.3, -0.25) is 4.79 Å². The number of carbonyl (C=O) groups excluding carboxylic acids is 1. The standard InChI is InChI=1S/C23H30N2O5S/c1-4-29-21-11-10-19(16-17(21)3)31(27,28)25-14-12-18(13-15-25)23(26)24-20-8-6-7-9-22(20)30-5-2/h6-11,16,18H,4-5,12-15H2,1-3H3,(H,24,26). The first kappa shape index (κ1) is 23.1. The van der Waals surface area contributed by atoms with Crippen molar-refractivity contribution >= 4 is 21.6 Å². The Morgan fingerprint density at radius 3 is 2.32 bits per heavy atom. The van der Waals surface area contributed by atoms with Gasteiger partial charge in [0.2, 0.25) is 15.9 Å². The number of piperidine rings is 1. The number of amides is 1. The lowest BCUT2D eigenvalue weighted by Crippen LogP contribution is -2.41. The predicted octanol–water partition coefficient (Wildman–Crippen LogP) is 3.83. The van der Waals surface area contributed by atoms with E-state index in [4.69, 9.17) is 9.47 Å². The average Bonchev–Trinajstić information content (AvgIpc) is 2.77. The van der Waals surface area contributed by atoms with Crippen molar-refractivity contribution in [2.24, 2.45) is 5.92 Å². The summed E-state index contributed by atoms with van der Waals surface area (Å²) < 4.78 is 38.6. The Hall–Kier alpha value is -2.58. The molecule has 0 spiro atoms. The molecule has 0 unspecified atom stereocenters. The number of anilines is 1. The van der Waals surface area contributed by atoms with Crippen LogP contribution in [0.25, 0.3) is 0 Å². The lowest BCUT2D eigenvalue weighted by atomic mass is 9.97. The highest BCUT2D eigenvalue weighted by molar-refractivity contribution is 7.89. The minimum Gasteiger partial charge on any atom is -0.494 e. The molecule has 1 aliphatic heterocycles. The van der Waals surface area contributed by atoms with E-state index in [0.717, 1.165) is 5.56 Å². The molecule has 2 aromatic rings. The van der Waals surface area contributed by atoms with Crippen molar-refractivity contribution in [3.8, 4) is 11.5 Å². The van der Waals surface area contributed by atoms with Crippen LogP contribution >= 0.6 is 0 Å². The van der Waals surface area contributed by atoms with E-state index in [0.29, 0.717) is 56.3 Å². The van der Waals surface area contributed by atoms with Crippen LogP contribution in [-0.4, -0.2) is 44.9 Å². The normalized spacial score (nSPS) is 15.5. The molecule has 1 fully saturated rings. The Morgan fingerprint density at radius 2 is 1.68 bits per heavy atom. The molecular formula is C23H30N2O5S. The summed E-state index contributed by atoms with van der Waals surface area (Å²) in [5.74, 6) is 0.956. The molecule has 0 bridgehead atoms. The third-order valence-corrected chi connectivity index (χ3v) is 7.25. The third kappa shape index (κ3) is 5.37. The number of benzene rings is 2. The van der Waals surface area contributed by atoms with Crippen LogP contribution in [-0.2, 0) is 14.8 Å². The monoisotopic (exact) mass is 446 g/mol. The van der Waals surface area contributed by atoms with Gasteiger partial charge < -0.3 is 14.8 Å². The zero-order valence-electron chi connectivity index (χ0n) is 18.3. The lowest BCUT2D eigenvalue weighted by molar-refractivity contribution is -0.120. The van der Waals surface area contributed by atoms with Crippen LogP contribution < -0.4 is 14.8 Å². The summed E-state index contributed by atoms with van der Waals surface area (Å²) in [6.07, 6.45) is 0.940. The number of nitrogens with one attached hydrogen (secondary N) is 1. The van der Waals surface area contributed by atoms with Crippen molar-refractivity contribution in [3.05, 3.63) is 48.0 Å². The molecule has 0 aromatic heterocycles. The maximum absolute atomic E-state index is 13.1. The largest absolute Gasteiger partial charge is 0.494 e. The van der Waals surface area contributed by atoms with Crippen LogP contribution in [0.4, 0.5) is 5.69 Å². The van der Waals surface area contributed by atoms with Gasteiger partial charge in [0.1, 0.15) is 11.5 Å². The highest BCUT2D eigenvalue weighted by Gasteiger charge is 2.32. The van der Waals surface area contributed by atoms with Gasteiger partial charge in [0.05, 0.1) is 23.8 Å². The minimum absolute atomic E-state index is 0.110. The number of carbonyl (C=O) groups is 1. The third-order valence-electron chi connectivity index (χ3n) is 5.35. The molecule has 0 radical (unpaired) electrons. The Labute approximate surface area is 184 Å². The van der Waals surface area contributed by atoms with E-state index in [9.17, 15) is 13.2 Å². The van der Waals surface area contributed by atoms with Gasteiger partial charge in [-0.2, -0.15) is 4.31 Å². The van der Waals surface area contributed by atoms with Crippen LogP contribution in [0.15, 0.2) is 47.4 Å².